The molecule has 0 spiro atoms. The molecule has 0 N–H and O–H groups in total. The minimum atomic E-state index is 0.270. The lowest BCUT2D eigenvalue weighted by Crippen LogP contribution is -2.00. The van der Waals surface area contributed by atoms with Gasteiger partial charge in [-0.2, -0.15) is 0 Å². The van der Waals surface area contributed by atoms with Crippen molar-refractivity contribution >= 4 is 0 Å². The van der Waals surface area contributed by atoms with Crippen LogP contribution in [0.3, 0.4) is 0 Å². The summed E-state index contributed by atoms with van der Waals surface area (Å²) in [5.74, 6) is 0.773. The first-order valence-corrected chi connectivity index (χ1v) is 3.38. The number of ether oxygens (including phenoxy) is 2. The zero-order valence-corrected chi connectivity index (χ0v) is 6.70. The molecular weight excluding hydrogens is 142 g/mol. The van der Waals surface area contributed by atoms with Crippen LogP contribution >= 0.6 is 0 Å². The Hall–Kier alpha value is -1.09. The molecule has 3 nitrogen and oxygen atoms in total. The van der Waals surface area contributed by atoms with Crippen LogP contribution in [0.1, 0.15) is 5.69 Å². The van der Waals surface area contributed by atoms with Gasteiger partial charge >= 0.3 is 0 Å². The van der Waals surface area contributed by atoms with E-state index in [4.69, 9.17) is 9.47 Å². The monoisotopic (exact) mass is 153 g/mol. The molecule has 0 radical (unpaired) electrons. The van der Waals surface area contributed by atoms with Gasteiger partial charge in [0.1, 0.15) is 5.75 Å². The van der Waals surface area contributed by atoms with Gasteiger partial charge in [0.2, 0.25) is 0 Å². The Balaban J connectivity index is 2.62. The molecule has 0 fully saturated rings. The number of methoxy groups -OCH3 is 1. The fraction of sp³-hybridized carbons (Fsp3) is 0.375. The van der Waals surface area contributed by atoms with E-state index in [9.17, 15) is 0 Å². The molecule has 0 aliphatic rings. The van der Waals surface area contributed by atoms with E-state index in [1.807, 2.05) is 19.1 Å². The second kappa shape index (κ2) is 3.93. The SMILES string of the molecule is COCOc1cccnc1C. The summed E-state index contributed by atoms with van der Waals surface area (Å²) in [4.78, 5) is 4.05. The van der Waals surface area contributed by atoms with Crippen molar-refractivity contribution in [3.63, 3.8) is 0 Å². The molecule has 11 heavy (non-hydrogen) atoms. The van der Waals surface area contributed by atoms with Crippen LogP contribution in [-0.4, -0.2) is 18.9 Å². The summed E-state index contributed by atoms with van der Waals surface area (Å²) >= 11 is 0. The molecule has 1 rings (SSSR count). The van der Waals surface area contributed by atoms with Crippen molar-refractivity contribution in [3.05, 3.63) is 24.0 Å². The molecule has 1 aromatic heterocycles. The fourth-order valence-electron chi connectivity index (χ4n) is 0.744. The molecule has 0 saturated carbocycles. The van der Waals surface area contributed by atoms with E-state index >= 15 is 0 Å². The second-order valence-electron chi connectivity index (χ2n) is 2.14. The van der Waals surface area contributed by atoms with E-state index < -0.39 is 0 Å². The summed E-state index contributed by atoms with van der Waals surface area (Å²) in [6, 6.07) is 3.69. The van der Waals surface area contributed by atoms with Crippen LogP contribution in [0.4, 0.5) is 0 Å². The molecule has 60 valence electrons. The number of pyridine rings is 1. The number of nitrogens with zero attached hydrogens (tertiary/aromatic N) is 1. The largest absolute Gasteiger partial charge is 0.466 e. The molecule has 0 unspecified atom stereocenters. The molecule has 3 heteroatoms. The summed E-state index contributed by atoms with van der Waals surface area (Å²) in [5, 5.41) is 0. The highest BCUT2D eigenvalue weighted by Crippen LogP contribution is 2.12. The topological polar surface area (TPSA) is 31.4 Å². The number of rotatable bonds is 3. The van der Waals surface area contributed by atoms with Gasteiger partial charge in [0.05, 0.1) is 5.69 Å². The standard InChI is InChI=1S/C8H11NO2/c1-7-8(11-6-10-2)4-3-5-9-7/h3-5H,6H2,1-2H3. The van der Waals surface area contributed by atoms with Gasteiger partial charge in [0.15, 0.2) is 6.79 Å². The zero-order chi connectivity index (χ0) is 8.10. The summed E-state index contributed by atoms with van der Waals surface area (Å²) in [5.41, 5.74) is 0.879. The molecular formula is C8H11NO2. The maximum Gasteiger partial charge on any atom is 0.188 e. The number of aryl methyl sites for hydroxylation is 1. The molecule has 0 atom stereocenters. The Bertz CT molecular complexity index is 225. The maximum absolute atomic E-state index is 5.20. The van der Waals surface area contributed by atoms with E-state index in [-0.39, 0.29) is 6.79 Å². The third-order valence-electron chi connectivity index (χ3n) is 1.29. The Kier molecular flexibility index (Phi) is 2.86. The molecule has 0 aliphatic heterocycles. The number of hydrogen-bond donors (Lipinski definition) is 0. The summed E-state index contributed by atoms with van der Waals surface area (Å²) in [6.45, 7) is 2.16. The van der Waals surface area contributed by atoms with Crippen LogP contribution in [0.2, 0.25) is 0 Å². The smallest absolute Gasteiger partial charge is 0.188 e. The van der Waals surface area contributed by atoms with Crippen LogP contribution in [0.15, 0.2) is 18.3 Å². The normalized spacial score (nSPS) is 9.64. The van der Waals surface area contributed by atoms with Crippen molar-refractivity contribution in [2.45, 2.75) is 6.92 Å². The van der Waals surface area contributed by atoms with Gasteiger partial charge < -0.3 is 9.47 Å². The zero-order valence-electron chi connectivity index (χ0n) is 6.70. The molecule has 0 saturated heterocycles. The number of aromatic nitrogens is 1. The van der Waals surface area contributed by atoms with Crippen LogP contribution in [-0.2, 0) is 4.74 Å². The summed E-state index contributed by atoms with van der Waals surface area (Å²) < 4.78 is 9.95. The van der Waals surface area contributed by atoms with Gasteiger partial charge in [-0.3, -0.25) is 4.98 Å². The van der Waals surface area contributed by atoms with E-state index in [0.29, 0.717) is 0 Å². The lowest BCUT2D eigenvalue weighted by atomic mass is 10.3. The third-order valence-corrected chi connectivity index (χ3v) is 1.29. The third kappa shape index (κ3) is 2.20. The van der Waals surface area contributed by atoms with Crippen molar-refractivity contribution in [2.24, 2.45) is 0 Å². The van der Waals surface area contributed by atoms with Crippen molar-refractivity contribution < 1.29 is 9.47 Å². The quantitative estimate of drug-likeness (QED) is 0.614. The molecule has 0 bridgehead atoms. The van der Waals surface area contributed by atoms with E-state index in [1.165, 1.54) is 0 Å². The van der Waals surface area contributed by atoms with Crippen LogP contribution in [0, 0.1) is 6.92 Å². The van der Waals surface area contributed by atoms with Crippen LogP contribution in [0.25, 0.3) is 0 Å². The summed E-state index contributed by atoms with van der Waals surface area (Å²) in [7, 11) is 1.59. The summed E-state index contributed by atoms with van der Waals surface area (Å²) in [6.07, 6.45) is 1.73. The van der Waals surface area contributed by atoms with E-state index in [2.05, 4.69) is 4.98 Å². The second-order valence-corrected chi connectivity index (χ2v) is 2.14. The predicted molar refractivity (Wildman–Crippen MR) is 41.5 cm³/mol. The molecule has 0 amide bonds. The Morgan fingerprint density at radius 2 is 2.36 bits per heavy atom. The Labute approximate surface area is 66.0 Å². The first kappa shape index (κ1) is 8.01. The van der Waals surface area contributed by atoms with Crippen molar-refractivity contribution in [3.8, 4) is 5.75 Å². The van der Waals surface area contributed by atoms with E-state index in [0.717, 1.165) is 11.4 Å². The average Bonchev–Trinajstić information content (AvgIpc) is 2.03. The van der Waals surface area contributed by atoms with Gasteiger partial charge in [0.25, 0.3) is 0 Å². The van der Waals surface area contributed by atoms with Crippen LogP contribution < -0.4 is 4.74 Å². The first-order valence-electron chi connectivity index (χ1n) is 3.38. The van der Waals surface area contributed by atoms with Gasteiger partial charge in [0, 0.05) is 13.3 Å². The van der Waals surface area contributed by atoms with E-state index in [1.54, 1.807) is 13.3 Å². The first-order chi connectivity index (χ1) is 5.34. The highest BCUT2D eigenvalue weighted by atomic mass is 16.7. The maximum atomic E-state index is 5.20. The highest BCUT2D eigenvalue weighted by Gasteiger charge is 1.96. The Morgan fingerprint density at radius 3 is 3.00 bits per heavy atom. The Morgan fingerprint density at radius 1 is 1.55 bits per heavy atom. The lowest BCUT2D eigenvalue weighted by Gasteiger charge is -2.05. The molecule has 0 aromatic carbocycles. The molecule has 1 aromatic rings. The number of hydrogen-bond acceptors (Lipinski definition) is 3. The van der Waals surface area contributed by atoms with Gasteiger partial charge in [-0.25, -0.2) is 0 Å². The fourth-order valence-corrected chi connectivity index (χ4v) is 0.744. The van der Waals surface area contributed by atoms with Gasteiger partial charge in [-0.15, -0.1) is 0 Å². The van der Waals surface area contributed by atoms with Crippen molar-refractivity contribution in [2.75, 3.05) is 13.9 Å². The average molecular weight is 153 g/mol. The minimum Gasteiger partial charge on any atom is -0.466 e. The lowest BCUT2D eigenvalue weighted by molar-refractivity contribution is 0.0503. The molecule has 0 aliphatic carbocycles. The predicted octanol–water partition coefficient (Wildman–Crippen LogP) is 1.37. The van der Waals surface area contributed by atoms with Crippen molar-refractivity contribution in [1.82, 2.24) is 4.98 Å². The van der Waals surface area contributed by atoms with Crippen molar-refractivity contribution in [1.29, 1.82) is 0 Å². The minimum absolute atomic E-state index is 0.270. The van der Waals surface area contributed by atoms with Gasteiger partial charge in [-0.05, 0) is 19.1 Å². The van der Waals surface area contributed by atoms with Gasteiger partial charge in [-0.1, -0.05) is 0 Å². The highest BCUT2D eigenvalue weighted by molar-refractivity contribution is 5.24. The van der Waals surface area contributed by atoms with Crippen LogP contribution in [0.5, 0.6) is 5.75 Å². The molecule has 1 heterocycles.